The Morgan fingerprint density at radius 3 is 2.77 bits per heavy atom. The highest BCUT2D eigenvalue weighted by atomic mass is 35.5. The van der Waals surface area contributed by atoms with Crippen molar-refractivity contribution in [2.24, 2.45) is 0 Å². The van der Waals surface area contributed by atoms with Crippen LogP contribution in [0.25, 0.3) is 0 Å². The number of ether oxygens (including phenoxy) is 1. The fraction of sp³-hybridized carbons (Fsp3) is 0.214. The fourth-order valence-corrected chi connectivity index (χ4v) is 1.91. The highest BCUT2D eigenvalue weighted by Crippen LogP contribution is 2.18. The smallest absolute Gasteiger partial charge is 0.346 e. The average molecular weight is 324 g/mol. The van der Waals surface area contributed by atoms with Crippen LogP contribution in [0, 0.1) is 6.92 Å². The van der Waals surface area contributed by atoms with Crippen molar-refractivity contribution in [3.05, 3.63) is 40.5 Å². The number of anilines is 2. The largest absolute Gasteiger partial charge is 0.449 e. The Bertz CT molecular complexity index is 694. The van der Waals surface area contributed by atoms with E-state index in [0.717, 1.165) is 0 Å². The van der Waals surface area contributed by atoms with Crippen LogP contribution in [0.5, 0.6) is 0 Å². The van der Waals surface area contributed by atoms with E-state index in [-0.39, 0.29) is 11.4 Å². The lowest BCUT2D eigenvalue weighted by atomic mass is 10.2. The zero-order valence-corrected chi connectivity index (χ0v) is 12.7. The lowest BCUT2D eigenvalue weighted by Crippen LogP contribution is -2.30. The van der Waals surface area contributed by atoms with Gasteiger partial charge in [0.1, 0.15) is 5.56 Å². The predicted molar refractivity (Wildman–Crippen MR) is 80.6 cm³/mol. The molecule has 0 bridgehead atoms. The van der Waals surface area contributed by atoms with Gasteiger partial charge in [-0.15, -0.1) is 0 Å². The van der Waals surface area contributed by atoms with Crippen molar-refractivity contribution in [2.45, 2.75) is 20.0 Å². The van der Waals surface area contributed by atoms with Gasteiger partial charge in [0.15, 0.2) is 6.10 Å². The fourth-order valence-electron chi connectivity index (χ4n) is 1.72. The highest BCUT2D eigenvalue weighted by molar-refractivity contribution is 6.30. The lowest BCUT2D eigenvalue weighted by molar-refractivity contribution is -0.123. The molecule has 0 aliphatic rings. The molecule has 22 heavy (non-hydrogen) atoms. The van der Waals surface area contributed by atoms with Crippen molar-refractivity contribution in [3.8, 4) is 0 Å². The van der Waals surface area contributed by atoms with Gasteiger partial charge in [-0.3, -0.25) is 4.79 Å². The summed E-state index contributed by atoms with van der Waals surface area (Å²) in [6, 6.07) is 6.62. The third-order valence-electron chi connectivity index (χ3n) is 2.84. The number of nitrogens with zero attached hydrogens (tertiary/aromatic N) is 1. The van der Waals surface area contributed by atoms with E-state index in [0.29, 0.717) is 16.4 Å². The van der Waals surface area contributed by atoms with Crippen molar-refractivity contribution in [1.82, 2.24) is 5.16 Å². The number of aryl methyl sites for hydroxylation is 1. The normalized spacial score (nSPS) is 11.8. The van der Waals surface area contributed by atoms with Gasteiger partial charge in [-0.25, -0.2) is 4.79 Å². The molecule has 0 aliphatic carbocycles. The number of carbonyl (C=O) groups excluding carboxylic acids is 2. The maximum absolute atomic E-state index is 12.0. The number of benzene rings is 1. The van der Waals surface area contributed by atoms with Crippen molar-refractivity contribution < 1.29 is 18.8 Å². The number of nitrogens with one attached hydrogen (secondary N) is 1. The van der Waals surface area contributed by atoms with Gasteiger partial charge in [-0.2, -0.15) is 0 Å². The maximum atomic E-state index is 12.0. The van der Waals surface area contributed by atoms with Gasteiger partial charge >= 0.3 is 5.97 Å². The van der Waals surface area contributed by atoms with Crippen LogP contribution in [0.15, 0.2) is 28.8 Å². The van der Waals surface area contributed by atoms with Gasteiger partial charge in [0, 0.05) is 10.7 Å². The Labute approximate surface area is 131 Å². The molecular weight excluding hydrogens is 310 g/mol. The molecule has 7 nitrogen and oxygen atoms in total. The molecular formula is C14H14ClN3O4. The number of esters is 1. The van der Waals surface area contributed by atoms with Gasteiger partial charge in [-0.1, -0.05) is 22.8 Å². The van der Waals surface area contributed by atoms with E-state index in [1.807, 2.05) is 0 Å². The molecule has 1 aromatic carbocycles. The van der Waals surface area contributed by atoms with E-state index in [4.69, 9.17) is 22.1 Å². The van der Waals surface area contributed by atoms with E-state index in [1.165, 1.54) is 6.92 Å². The molecule has 3 N–H and O–H groups in total. The summed E-state index contributed by atoms with van der Waals surface area (Å²) in [5.41, 5.74) is 6.30. The van der Waals surface area contributed by atoms with Crippen LogP contribution < -0.4 is 11.1 Å². The molecule has 0 unspecified atom stereocenters. The molecule has 1 atom stereocenters. The topological polar surface area (TPSA) is 107 Å². The third-order valence-corrected chi connectivity index (χ3v) is 3.07. The van der Waals surface area contributed by atoms with Crippen LogP contribution in [-0.2, 0) is 9.53 Å². The number of hydrogen-bond donors (Lipinski definition) is 2. The zero-order valence-electron chi connectivity index (χ0n) is 11.9. The molecule has 0 aliphatic heterocycles. The maximum Gasteiger partial charge on any atom is 0.346 e. The van der Waals surface area contributed by atoms with Gasteiger partial charge in [0.25, 0.3) is 5.91 Å². The Kier molecular flexibility index (Phi) is 4.67. The Hall–Kier alpha value is -2.54. The van der Waals surface area contributed by atoms with Crippen LogP contribution in [0.4, 0.5) is 11.6 Å². The summed E-state index contributed by atoms with van der Waals surface area (Å²) in [7, 11) is 0. The van der Waals surface area contributed by atoms with E-state index in [9.17, 15) is 9.59 Å². The molecule has 0 radical (unpaired) electrons. The first-order valence-electron chi connectivity index (χ1n) is 6.37. The Balaban J connectivity index is 2.01. The van der Waals surface area contributed by atoms with Gasteiger partial charge < -0.3 is 20.3 Å². The molecule has 2 rings (SSSR count). The minimum absolute atomic E-state index is 0.0161. The molecule has 1 amide bonds. The molecule has 1 aromatic heterocycles. The summed E-state index contributed by atoms with van der Waals surface area (Å²) in [6.45, 7) is 2.99. The van der Waals surface area contributed by atoms with Gasteiger partial charge in [-0.05, 0) is 32.0 Å². The number of carbonyl (C=O) groups is 2. The van der Waals surface area contributed by atoms with Crippen molar-refractivity contribution in [3.63, 3.8) is 0 Å². The van der Waals surface area contributed by atoms with Crippen LogP contribution in [0.3, 0.4) is 0 Å². The molecule has 0 saturated carbocycles. The number of nitrogen functional groups attached to an aromatic ring is 1. The van der Waals surface area contributed by atoms with Crippen LogP contribution in [0.1, 0.15) is 23.0 Å². The molecule has 2 aromatic rings. The molecule has 116 valence electrons. The average Bonchev–Trinajstić information content (AvgIpc) is 2.78. The number of amides is 1. The summed E-state index contributed by atoms with van der Waals surface area (Å²) in [5, 5.41) is 6.62. The van der Waals surface area contributed by atoms with Crippen LogP contribution in [0.2, 0.25) is 5.02 Å². The second-order valence-corrected chi connectivity index (χ2v) is 4.99. The number of hydrogen-bond acceptors (Lipinski definition) is 6. The summed E-state index contributed by atoms with van der Waals surface area (Å²) in [4.78, 5) is 24.0. The molecule has 0 fully saturated rings. The lowest BCUT2D eigenvalue weighted by Gasteiger charge is -2.13. The monoisotopic (exact) mass is 323 g/mol. The minimum atomic E-state index is -1.03. The minimum Gasteiger partial charge on any atom is -0.449 e. The first-order valence-corrected chi connectivity index (χ1v) is 6.75. The third kappa shape index (κ3) is 3.56. The van der Waals surface area contributed by atoms with Crippen molar-refractivity contribution >= 4 is 35.0 Å². The second kappa shape index (κ2) is 6.48. The quantitative estimate of drug-likeness (QED) is 0.836. The number of aromatic nitrogens is 1. The highest BCUT2D eigenvalue weighted by Gasteiger charge is 2.24. The summed E-state index contributed by atoms with van der Waals surface area (Å²) < 4.78 is 9.74. The van der Waals surface area contributed by atoms with Crippen molar-refractivity contribution in [2.75, 3.05) is 11.1 Å². The zero-order chi connectivity index (χ0) is 16.3. The number of halogens is 1. The Morgan fingerprint density at radius 2 is 2.18 bits per heavy atom. The SMILES string of the molecule is Cc1noc(N)c1C(=O)O[C@H](C)C(=O)Nc1cccc(Cl)c1. The van der Waals surface area contributed by atoms with E-state index >= 15 is 0 Å². The van der Waals surface area contributed by atoms with Crippen LogP contribution >= 0.6 is 11.6 Å². The van der Waals surface area contributed by atoms with E-state index in [1.54, 1.807) is 31.2 Å². The first-order chi connectivity index (χ1) is 10.4. The number of rotatable bonds is 4. The molecule has 0 spiro atoms. The summed E-state index contributed by atoms with van der Waals surface area (Å²) in [5.74, 6) is -1.42. The second-order valence-electron chi connectivity index (χ2n) is 4.55. The van der Waals surface area contributed by atoms with Gasteiger partial charge in [0.05, 0.1) is 5.69 Å². The molecule has 1 heterocycles. The van der Waals surface area contributed by atoms with Gasteiger partial charge in [0.2, 0.25) is 5.88 Å². The molecule has 0 saturated heterocycles. The molecule has 8 heteroatoms. The Morgan fingerprint density at radius 1 is 1.45 bits per heavy atom. The number of nitrogens with two attached hydrogens (primary N) is 1. The van der Waals surface area contributed by atoms with E-state index in [2.05, 4.69) is 15.0 Å². The van der Waals surface area contributed by atoms with E-state index < -0.39 is 18.0 Å². The summed E-state index contributed by atoms with van der Waals surface area (Å²) >= 11 is 5.83. The standard InChI is InChI=1S/C14H14ClN3O4/c1-7-11(12(16)22-18-7)14(20)21-8(2)13(19)17-10-5-3-4-9(15)6-10/h3-6,8H,16H2,1-2H3,(H,17,19)/t8-/m1/s1. The van der Waals surface area contributed by atoms with Crippen molar-refractivity contribution in [1.29, 1.82) is 0 Å². The van der Waals surface area contributed by atoms with Crippen LogP contribution in [-0.4, -0.2) is 23.1 Å². The first kappa shape index (κ1) is 15.8. The predicted octanol–water partition coefficient (Wildman–Crippen LogP) is 2.40. The summed E-state index contributed by atoms with van der Waals surface area (Å²) in [6.07, 6.45) is -1.03.